The van der Waals surface area contributed by atoms with Crippen LogP contribution in [0.3, 0.4) is 0 Å². The molecule has 6 nitrogen and oxygen atoms in total. The van der Waals surface area contributed by atoms with Crippen molar-refractivity contribution < 1.29 is 14.3 Å². The van der Waals surface area contributed by atoms with Crippen LogP contribution < -0.4 is 5.56 Å². The van der Waals surface area contributed by atoms with E-state index in [0.717, 1.165) is 5.56 Å². The van der Waals surface area contributed by atoms with Crippen molar-refractivity contribution in [3.05, 3.63) is 92.4 Å². The first-order valence-electron chi connectivity index (χ1n) is 9.88. The van der Waals surface area contributed by atoms with Crippen molar-refractivity contribution >= 4 is 23.4 Å². The molecule has 0 N–H and O–H groups in total. The molecule has 0 bridgehead atoms. The number of nitriles is 1. The number of pyridine rings is 1. The molecule has 1 atom stereocenters. The molecule has 0 spiro atoms. The Morgan fingerprint density at radius 2 is 1.91 bits per heavy atom. The molecule has 0 aliphatic carbocycles. The number of nitrogens with zero attached hydrogens (tertiary/aromatic N) is 2. The third-order valence-electron chi connectivity index (χ3n) is 5.32. The first-order valence-corrected chi connectivity index (χ1v) is 10.3. The van der Waals surface area contributed by atoms with E-state index < -0.39 is 12.0 Å². The highest BCUT2D eigenvalue weighted by molar-refractivity contribution is 6.30. The van der Waals surface area contributed by atoms with Gasteiger partial charge in [0.1, 0.15) is 0 Å². The second-order valence-corrected chi connectivity index (χ2v) is 7.86. The average Bonchev–Trinajstić information content (AvgIpc) is 2.78. The van der Waals surface area contributed by atoms with E-state index >= 15 is 0 Å². The van der Waals surface area contributed by atoms with Gasteiger partial charge in [-0.15, -0.1) is 0 Å². The Bertz CT molecular complexity index is 1300. The summed E-state index contributed by atoms with van der Waals surface area (Å²) in [7, 11) is 1.32. The van der Waals surface area contributed by atoms with Crippen molar-refractivity contribution in [1.82, 2.24) is 4.57 Å². The average molecular weight is 449 g/mol. The molecule has 0 aliphatic rings. The highest BCUT2D eigenvalue weighted by Crippen LogP contribution is 2.26. The van der Waals surface area contributed by atoms with Crippen LogP contribution in [0.25, 0.3) is 11.1 Å². The lowest BCUT2D eigenvalue weighted by atomic mass is 9.99. The number of methoxy groups -OCH3 is 1. The molecular formula is C25H21ClN2O4. The van der Waals surface area contributed by atoms with Crippen molar-refractivity contribution in [2.45, 2.75) is 26.3 Å². The van der Waals surface area contributed by atoms with Gasteiger partial charge >= 0.3 is 5.97 Å². The Hall–Kier alpha value is -3.69. The summed E-state index contributed by atoms with van der Waals surface area (Å²) < 4.78 is 6.10. The molecule has 1 aromatic heterocycles. The maximum Gasteiger partial charge on any atom is 0.338 e. The van der Waals surface area contributed by atoms with Crippen LogP contribution in [0.2, 0.25) is 5.02 Å². The van der Waals surface area contributed by atoms with Gasteiger partial charge in [0.05, 0.1) is 30.3 Å². The SMILES string of the molecule is COC(=O)c1ccc(CC(=O)C(C)n2ccc(-c3cc(Cl)ccc3C#N)cc2=O)cc1C. The first-order chi connectivity index (χ1) is 15.2. The van der Waals surface area contributed by atoms with Crippen molar-refractivity contribution in [1.29, 1.82) is 5.26 Å². The number of ether oxygens (including phenoxy) is 1. The lowest BCUT2D eigenvalue weighted by Gasteiger charge is -2.15. The lowest BCUT2D eigenvalue weighted by Crippen LogP contribution is -2.28. The van der Waals surface area contributed by atoms with Crippen LogP contribution in [-0.2, 0) is 16.0 Å². The van der Waals surface area contributed by atoms with Gasteiger partial charge in [0.15, 0.2) is 5.78 Å². The van der Waals surface area contributed by atoms with Crippen molar-refractivity contribution in [2.24, 2.45) is 0 Å². The van der Waals surface area contributed by atoms with E-state index in [-0.39, 0.29) is 17.8 Å². The summed E-state index contributed by atoms with van der Waals surface area (Å²) in [4.78, 5) is 37.3. The summed E-state index contributed by atoms with van der Waals surface area (Å²) in [5.74, 6) is -0.579. The number of Topliss-reactive ketones (excluding diaryl/α,β-unsaturated/α-hetero) is 1. The summed E-state index contributed by atoms with van der Waals surface area (Å²) >= 11 is 6.05. The number of halogens is 1. The Labute approximate surface area is 190 Å². The number of carbonyl (C=O) groups excluding carboxylic acids is 2. The van der Waals surface area contributed by atoms with Gasteiger partial charge in [-0.05, 0) is 60.9 Å². The number of hydrogen-bond acceptors (Lipinski definition) is 5. The summed E-state index contributed by atoms with van der Waals surface area (Å²) in [6, 6.07) is 14.4. The number of carbonyl (C=O) groups is 2. The molecule has 32 heavy (non-hydrogen) atoms. The minimum atomic E-state index is -0.688. The minimum absolute atomic E-state index is 0.116. The monoisotopic (exact) mass is 448 g/mol. The van der Waals surface area contributed by atoms with E-state index in [0.29, 0.717) is 32.8 Å². The molecule has 7 heteroatoms. The lowest BCUT2D eigenvalue weighted by molar-refractivity contribution is -0.121. The van der Waals surface area contributed by atoms with Crippen LogP contribution in [0.15, 0.2) is 59.5 Å². The maximum atomic E-state index is 12.8. The third kappa shape index (κ3) is 4.79. The number of ketones is 1. The van der Waals surface area contributed by atoms with Crippen LogP contribution in [0.4, 0.5) is 0 Å². The topological polar surface area (TPSA) is 89.2 Å². The molecule has 0 radical (unpaired) electrons. The molecule has 2 aromatic carbocycles. The Balaban J connectivity index is 1.83. The quantitative estimate of drug-likeness (QED) is 0.517. The zero-order chi connectivity index (χ0) is 23.4. The highest BCUT2D eigenvalue weighted by Gasteiger charge is 2.18. The largest absolute Gasteiger partial charge is 0.465 e. The molecule has 0 aliphatic heterocycles. The molecule has 162 valence electrons. The first kappa shape index (κ1) is 23.0. The fourth-order valence-electron chi connectivity index (χ4n) is 3.51. The van der Waals surface area contributed by atoms with Gasteiger partial charge in [0.25, 0.3) is 5.56 Å². The Kier molecular flexibility index (Phi) is 6.92. The fraction of sp³-hybridized carbons (Fsp3) is 0.200. The molecule has 3 rings (SSSR count). The molecule has 1 heterocycles. The van der Waals surface area contributed by atoms with Gasteiger partial charge in [-0.2, -0.15) is 5.26 Å². The molecule has 0 saturated heterocycles. The fourth-order valence-corrected chi connectivity index (χ4v) is 3.68. The molecule has 0 amide bonds. The van der Waals surface area contributed by atoms with E-state index in [1.807, 2.05) is 0 Å². The highest BCUT2D eigenvalue weighted by atomic mass is 35.5. The normalized spacial score (nSPS) is 11.5. The van der Waals surface area contributed by atoms with Crippen LogP contribution in [0, 0.1) is 18.3 Å². The second-order valence-electron chi connectivity index (χ2n) is 7.42. The molecule has 0 saturated carbocycles. The van der Waals surface area contributed by atoms with E-state index in [2.05, 4.69) is 6.07 Å². The molecule has 1 unspecified atom stereocenters. The third-order valence-corrected chi connectivity index (χ3v) is 5.55. The zero-order valence-corrected chi connectivity index (χ0v) is 18.6. The van der Waals surface area contributed by atoms with Gasteiger partial charge in [0.2, 0.25) is 0 Å². The van der Waals surface area contributed by atoms with Gasteiger partial charge in [0, 0.05) is 29.3 Å². The van der Waals surface area contributed by atoms with Gasteiger partial charge < -0.3 is 9.30 Å². The van der Waals surface area contributed by atoms with Gasteiger partial charge in [-0.3, -0.25) is 9.59 Å². The molecular weight excluding hydrogens is 428 g/mol. The van der Waals surface area contributed by atoms with Gasteiger partial charge in [-0.1, -0.05) is 23.7 Å². The standard InChI is InChI=1S/C25H21ClN2O4/c1-15-10-17(4-7-21(15)25(31)32-3)11-23(29)16(2)28-9-8-18(12-24(28)30)22-13-20(26)6-5-19(22)14-27/h4-10,12-13,16H,11H2,1-3H3. The van der Waals surface area contributed by atoms with Crippen LogP contribution in [-0.4, -0.2) is 23.4 Å². The van der Waals surface area contributed by atoms with E-state index in [4.69, 9.17) is 16.3 Å². The predicted octanol–water partition coefficient (Wildman–Crippen LogP) is 4.51. The molecule has 3 aromatic rings. The van der Waals surface area contributed by atoms with Crippen LogP contribution in [0.1, 0.15) is 40.0 Å². The van der Waals surface area contributed by atoms with Crippen molar-refractivity contribution in [3.8, 4) is 17.2 Å². The van der Waals surface area contributed by atoms with Crippen LogP contribution in [0.5, 0.6) is 0 Å². The second kappa shape index (κ2) is 9.63. The van der Waals surface area contributed by atoms with Crippen molar-refractivity contribution in [2.75, 3.05) is 7.11 Å². The number of benzene rings is 2. The smallest absolute Gasteiger partial charge is 0.338 e. The Morgan fingerprint density at radius 1 is 1.16 bits per heavy atom. The van der Waals surface area contributed by atoms with E-state index in [9.17, 15) is 19.6 Å². The number of rotatable bonds is 6. The molecule has 0 fully saturated rings. The van der Waals surface area contributed by atoms with E-state index in [1.54, 1.807) is 62.5 Å². The maximum absolute atomic E-state index is 12.8. The number of esters is 1. The number of hydrogen-bond donors (Lipinski definition) is 0. The summed E-state index contributed by atoms with van der Waals surface area (Å²) in [6.45, 7) is 3.44. The van der Waals surface area contributed by atoms with E-state index in [1.165, 1.54) is 17.7 Å². The van der Waals surface area contributed by atoms with Gasteiger partial charge in [-0.25, -0.2) is 4.79 Å². The summed E-state index contributed by atoms with van der Waals surface area (Å²) in [5, 5.41) is 9.79. The summed E-state index contributed by atoms with van der Waals surface area (Å²) in [6.07, 6.45) is 1.67. The zero-order valence-electron chi connectivity index (χ0n) is 17.9. The summed E-state index contributed by atoms with van der Waals surface area (Å²) in [5.41, 5.74) is 3.07. The predicted molar refractivity (Wildman–Crippen MR) is 122 cm³/mol. The van der Waals surface area contributed by atoms with Crippen molar-refractivity contribution in [3.63, 3.8) is 0 Å². The van der Waals surface area contributed by atoms with Crippen LogP contribution >= 0.6 is 11.6 Å². The Morgan fingerprint density at radius 3 is 2.53 bits per heavy atom. The minimum Gasteiger partial charge on any atom is -0.465 e. The number of aromatic nitrogens is 1. The number of aryl methyl sites for hydroxylation is 1.